The van der Waals surface area contributed by atoms with E-state index < -0.39 is 0 Å². The third-order valence-electron chi connectivity index (χ3n) is 3.36. The maximum absolute atomic E-state index is 11.7. The predicted octanol–water partition coefficient (Wildman–Crippen LogP) is 3.60. The van der Waals surface area contributed by atoms with Crippen molar-refractivity contribution in [2.24, 2.45) is 5.92 Å². The van der Waals surface area contributed by atoms with Gasteiger partial charge in [-0.15, -0.1) is 0 Å². The second-order valence-corrected chi connectivity index (χ2v) is 6.00. The van der Waals surface area contributed by atoms with Crippen LogP contribution < -0.4 is 5.32 Å². The second-order valence-electron chi connectivity index (χ2n) is 5.14. The van der Waals surface area contributed by atoms with Crippen molar-refractivity contribution in [3.63, 3.8) is 0 Å². The summed E-state index contributed by atoms with van der Waals surface area (Å²) in [6, 6.07) is 5.53. The summed E-state index contributed by atoms with van der Waals surface area (Å²) in [6.07, 6.45) is 6.45. The van der Waals surface area contributed by atoms with Crippen LogP contribution in [0.3, 0.4) is 0 Å². The van der Waals surface area contributed by atoms with Gasteiger partial charge < -0.3 is 10.1 Å². The Morgan fingerprint density at radius 3 is 2.90 bits per heavy atom. The fourth-order valence-corrected chi connectivity index (χ4v) is 2.53. The van der Waals surface area contributed by atoms with Gasteiger partial charge in [-0.2, -0.15) is 0 Å². The van der Waals surface area contributed by atoms with Gasteiger partial charge in [-0.3, -0.25) is 9.59 Å². The number of aryl methyl sites for hydroxylation is 1. The fourth-order valence-electron chi connectivity index (χ4n) is 2.15. The Morgan fingerprint density at radius 1 is 1.43 bits per heavy atom. The van der Waals surface area contributed by atoms with E-state index in [1.54, 1.807) is 0 Å². The first kappa shape index (κ1) is 15.8. The highest BCUT2D eigenvalue weighted by molar-refractivity contribution is 9.10. The number of amides is 1. The smallest absolute Gasteiger partial charge is 0.306 e. The minimum absolute atomic E-state index is 0.249. The number of carbonyl (C=O) groups is 2. The van der Waals surface area contributed by atoms with E-state index in [1.165, 1.54) is 0 Å². The van der Waals surface area contributed by atoms with Gasteiger partial charge in [-0.25, -0.2) is 0 Å². The summed E-state index contributed by atoms with van der Waals surface area (Å²) in [4.78, 5) is 23.3. The van der Waals surface area contributed by atoms with E-state index in [-0.39, 0.29) is 24.4 Å². The Labute approximate surface area is 132 Å². The monoisotopic (exact) mass is 351 g/mol. The van der Waals surface area contributed by atoms with Crippen LogP contribution in [-0.2, 0) is 14.3 Å². The summed E-state index contributed by atoms with van der Waals surface area (Å²) < 4.78 is 5.92. The lowest BCUT2D eigenvalue weighted by Gasteiger charge is -2.09. The van der Waals surface area contributed by atoms with Crippen LogP contribution in [0.1, 0.15) is 24.8 Å². The Hall–Kier alpha value is -1.62. The zero-order chi connectivity index (χ0) is 15.2. The molecule has 0 saturated carbocycles. The van der Waals surface area contributed by atoms with Crippen molar-refractivity contribution < 1.29 is 14.3 Å². The van der Waals surface area contributed by atoms with Crippen LogP contribution in [0.4, 0.5) is 5.69 Å². The highest BCUT2D eigenvalue weighted by Gasteiger charge is 2.16. The van der Waals surface area contributed by atoms with Crippen LogP contribution in [0.5, 0.6) is 0 Å². The molecule has 1 atom stereocenters. The third kappa shape index (κ3) is 5.01. The van der Waals surface area contributed by atoms with E-state index >= 15 is 0 Å². The largest absolute Gasteiger partial charge is 0.456 e. The average Bonchev–Trinajstić information content (AvgIpc) is 2.93. The van der Waals surface area contributed by atoms with Gasteiger partial charge in [0.2, 0.25) is 0 Å². The lowest BCUT2D eigenvalue weighted by Crippen LogP contribution is -2.21. The number of halogens is 1. The van der Waals surface area contributed by atoms with E-state index in [0.717, 1.165) is 22.9 Å². The van der Waals surface area contributed by atoms with E-state index in [1.807, 2.05) is 31.2 Å². The highest BCUT2D eigenvalue weighted by Crippen LogP contribution is 2.21. The Balaban J connectivity index is 1.75. The minimum Gasteiger partial charge on any atom is -0.456 e. The van der Waals surface area contributed by atoms with E-state index in [2.05, 4.69) is 27.3 Å². The van der Waals surface area contributed by atoms with Crippen LogP contribution in [-0.4, -0.2) is 18.5 Å². The SMILES string of the molecule is Cc1ccc(NC(=O)COC(=O)C[C@H]2C=CCC2)cc1Br. The lowest BCUT2D eigenvalue weighted by atomic mass is 10.1. The molecular formula is C16H18BrNO3. The topological polar surface area (TPSA) is 55.4 Å². The second kappa shape index (κ2) is 7.41. The molecule has 112 valence electrons. The van der Waals surface area contributed by atoms with Crippen molar-refractivity contribution in [2.75, 3.05) is 11.9 Å². The molecule has 1 N–H and O–H groups in total. The molecule has 0 unspecified atom stereocenters. The van der Waals surface area contributed by atoms with Crippen LogP contribution in [0.15, 0.2) is 34.8 Å². The number of esters is 1. The molecule has 0 spiro atoms. The highest BCUT2D eigenvalue weighted by atomic mass is 79.9. The molecule has 0 bridgehead atoms. The fraction of sp³-hybridized carbons (Fsp3) is 0.375. The van der Waals surface area contributed by atoms with Crippen molar-refractivity contribution in [1.82, 2.24) is 0 Å². The first-order valence-electron chi connectivity index (χ1n) is 6.93. The van der Waals surface area contributed by atoms with E-state index in [0.29, 0.717) is 12.1 Å². The van der Waals surface area contributed by atoms with Crippen molar-refractivity contribution in [1.29, 1.82) is 0 Å². The predicted molar refractivity (Wildman–Crippen MR) is 84.9 cm³/mol. The summed E-state index contributed by atoms with van der Waals surface area (Å²) in [5.41, 5.74) is 1.76. The molecule has 21 heavy (non-hydrogen) atoms. The van der Waals surface area contributed by atoms with Gasteiger partial charge in [-0.05, 0) is 43.4 Å². The molecular weight excluding hydrogens is 334 g/mol. The number of nitrogens with one attached hydrogen (secondary N) is 1. The van der Waals surface area contributed by atoms with Gasteiger partial charge in [0.1, 0.15) is 0 Å². The number of rotatable bonds is 5. The van der Waals surface area contributed by atoms with Crippen LogP contribution in [0, 0.1) is 12.8 Å². The summed E-state index contributed by atoms with van der Waals surface area (Å²) in [7, 11) is 0. The normalized spacial score (nSPS) is 16.8. The number of hydrogen-bond donors (Lipinski definition) is 1. The molecule has 1 aliphatic rings. The molecule has 2 rings (SSSR count). The number of ether oxygens (including phenoxy) is 1. The maximum atomic E-state index is 11.7. The molecule has 4 nitrogen and oxygen atoms in total. The van der Waals surface area contributed by atoms with Crippen molar-refractivity contribution in [2.45, 2.75) is 26.2 Å². The molecule has 0 radical (unpaired) electrons. The molecule has 1 amide bonds. The molecule has 0 saturated heterocycles. The van der Waals surface area contributed by atoms with Gasteiger partial charge in [0.05, 0.1) is 6.42 Å². The van der Waals surface area contributed by atoms with Crippen LogP contribution in [0.2, 0.25) is 0 Å². The Morgan fingerprint density at radius 2 is 2.24 bits per heavy atom. The maximum Gasteiger partial charge on any atom is 0.306 e. The van der Waals surface area contributed by atoms with Gasteiger partial charge in [-0.1, -0.05) is 34.1 Å². The number of allylic oxidation sites excluding steroid dienone is 2. The number of benzene rings is 1. The Kier molecular flexibility index (Phi) is 5.56. The van der Waals surface area contributed by atoms with Crippen LogP contribution in [0.25, 0.3) is 0 Å². The van der Waals surface area contributed by atoms with E-state index in [4.69, 9.17) is 4.74 Å². The molecule has 0 fully saturated rings. The Bertz CT molecular complexity index is 569. The molecule has 1 aliphatic carbocycles. The third-order valence-corrected chi connectivity index (χ3v) is 4.22. The zero-order valence-electron chi connectivity index (χ0n) is 11.9. The standard InChI is InChI=1S/C16H18BrNO3/c1-11-6-7-13(9-14(11)17)18-15(19)10-21-16(20)8-12-4-2-3-5-12/h2,4,6-7,9,12H,3,5,8,10H2,1H3,(H,18,19)/t12-/m0/s1. The average molecular weight is 352 g/mol. The zero-order valence-corrected chi connectivity index (χ0v) is 13.5. The summed E-state index contributed by atoms with van der Waals surface area (Å²) in [6.45, 7) is 1.72. The van der Waals surface area contributed by atoms with Crippen molar-refractivity contribution in [3.05, 3.63) is 40.4 Å². The first-order valence-corrected chi connectivity index (χ1v) is 7.72. The summed E-state index contributed by atoms with van der Waals surface area (Å²) in [5, 5.41) is 2.70. The van der Waals surface area contributed by atoms with Crippen molar-refractivity contribution in [3.8, 4) is 0 Å². The number of anilines is 1. The van der Waals surface area contributed by atoms with Gasteiger partial charge in [0.25, 0.3) is 5.91 Å². The van der Waals surface area contributed by atoms with E-state index in [9.17, 15) is 9.59 Å². The van der Waals surface area contributed by atoms with Crippen LogP contribution >= 0.6 is 15.9 Å². The quantitative estimate of drug-likeness (QED) is 0.651. The van der Waals surface area contributed by atoms with Gasteiger partial charge >= 0.3 is 5.97 Å². The molecule has 5 heteroatoms. The van der Waals surface area contributed by atoms with Gasteiger partial charge in [0.15, 0.2) is 6.61 Å². The molecule has 1 aromatic carbocycles. The molecule has 0 aromatic heterocycles. The number of hydrogen-bond acceptors (Lipinski definition) is 3. The first-order chi connectivity index (χ1) is 10.0. The molecule has 0 heterocycles. The molecule has 1 aromatic rings. The van der Waals surface area contributed by atoms with Crippen molar-refractivity contribution >= 4 is 33.5 Å². The number of carbonyl (C=O) groups excluding carboxylic acids is 2. The minimum atomic E-state index is -0.332. The lowest BCUT2D eigenvalue weighted by molar-refractivity contribution is -0.147. The summed E-state index contributed by atoms with van der Waals surface area (Å²) in [5.74, 6) is -0.401. The summed E-state index contributed by atoms with van der Waals surface area (Å²) >= 11 is 3.40. The van der Waals surface area contributed by atoms with Gasteiger partial charge in [0, 0.05) is 10.2 Å². The molecule has 0 aliphatic heterocycles.